The first-order valence-corrected chi connectivity index (χ1v) is 11.0. The Hall–Kier alpha value is -3.44. The molecule has 0 saturated carbocycles. The number of urea groups is 1. The van der Waals surface area contributed by atoms with Crippen molar-refractivity contribution in [1.82, 2.24) is 20.4 Å². The van der Waals surface area contributed by atoms with E-state index in [0.717, 1.165) is 18.1 Å². The van der Waals surface area contributed by atoms with Gasteiger partial charge in [0.1, 0.15) is 6.61 Å². The van der Waals surface area contributed by atoms with Gasteiger partial charge in [0.25, 0.3) is 5.89 Å². The van der Waals surface area contributed by atoms with Crippen LogP contribution in [0.4, 0.5) is 23.7 Å². The predicted molar refractivity (Wildman–Crippen MR) is 125 cm³/mol. The lowest BCUT2D eigenvalue weighted by atomic mass is 10.1. The molecular weight excluding hydrogens is 487 g/mol. The molecule has 8 nitrogen and oxygen atoms in total. The molecule has 0 spiro atoms. The predicted octanol–water partition coefficient (Wildman–Crippen LogP) is 5.61. The summed E-state index contributed by atoms with van der Waals surface area (Å²) >= 11 is 6.44. The standard InChI is InChI=1S/C23H23ClF3N5O3/c1-3-4-14(20-18(24)10-15(11-29-20)21-31-19(12-33)32-35-21)7-8-28-22(34)30-16-5-6-17(13(2)9-16)23(25,26)27/h5-7,9-11,33H,3-4,8,12H2,1-2H3,(H2,28,30,34)/b14-7+. The van der Waals surface area contributed by atoms with Gasteiger partial charge in [-0.15, -0.1) is 0 Å². The third kappa shape index (κ3) is 6.80. The van der Waals surface area contributed by atoms with Crippen LogP contribution in [0.2, 0.25) is 5.02 Å². The minimum atomic E-state index is -4.45. The minimum absolute atomic E-state index is 0.0118. The monoisotopic (exact) mass is 509 g/mol. The number of pyridine rings is 1. The molecule has 0 aliphatic rings. The van der Waals surface area contributed by atoms with Crippen LogP contribution in [-0.4, -0.2) is 32.8 Å². The molecule has 35 heavy (non-hydrogen) atoms. The Labute approximate surface area is 204 Å². The molecule has 0 aliphatic carbocycles. The summed E-state index contributed by atoms with van der Waals surface area (Å²) in [4.78, 5) is 20.6. The van der Waals surface area contributed by atoms with Gasteiger partial charge < -0.3 is 20.3 Å². The second-order valence-electron chi connectivity index (χ2n) is 7.57. The van der Waals surface area contributed by atoms with Crippen molar-refractivity contribution in [2.75, 3.05) is 11.9 Å². The summed E-state index contributed by atoms with van der Waals surface area (Å²) < 4.78 is 43.8. The van der Waals surface area contributed by atoms with E-state index < -0.39 is 17.8 Å². The number of rotatable bonds is 8. The summed E-state index contributed by atoms with van der Waals surface area (Å²) in [5, 5.41) is 18.2. The number of nitrogens with one attached hydrogen (secondary N) is 2. The summed E-state index contributed by atoms with van der Waals surface area (Å²) in [6, 6.07) is 4.45. The third-order valence-corrected chi connectivity index (χ3v) is 5.21. The molecule has 3 aromatic rings. The van der Waals surface area contributed by atoms with Gasteiger partial charge in [0.2, 0.25) is 0 Å². The van der Waals surface area contributed by atoms with E-state index in [-0.39, 0.29) is 36.1 Å². The molecule has 0 saturated heterocycles. The fraction of sp³-hybridized carbons (Fsp3) is 0.304. The van der Waals surface area contributed by atoms with Crippen LogP contribution in [0.15, 0.2) is 41.1 Å². The molecule has 0 unspecified atom stereocenters. The second kappa shape index (κ2) is 11.3. The first-order valence-electron chi connectivity index (χ1n) is 10.6. The van der Waals surface area contributed by atoms with Crippen LogP contribution < -0.4 is 10.6 Å². The molecule has 0 radical (unpaired) electrons. The number of anilines is 1. The number of aromatic nitrogens is 3. The zero-order valence-corrected chi connectivity index (χ0v) is 19.7. The van der Waals surface area contributed by atoms with Crippen LogP contribution in [-0.2, 0) is 12.8 Å². The molecule has 3 rings (SSSR count). The van der Waals surface area contributed by atoms with Gasteiger partial charge in [0, 0.05) is 18.4 Å². The van der Waals surface area contributed by atoms with Gasteiger partial charge >= 0.3 is 12.2 Å². The highest BCUT2D eigenvalue weighted by Crippen LogP contribution is 2.33. The van der Waals surface area contributed by atoms with Crippen LogP contribution >= 0.6 is 11.6 Å². The van der Waals surface area contributed by atoms with E-state index in [4.69, 9.17) is 21.2 Å². The minimum Gasteiger partial charge on any atom is -0.388 e. The molecule has 12 heteroatoms. The van der Waals surface area contributed by atoms with Crippen LogP contribution in [0.3, 0.4) is 0 Å². The molecule has 1 aromatic carbocycles. The quantitative estimate of drug-likeness (QED) is 0.364. The van der Waals surface area contributed by atoms with Gasteiger partial charge in [-0.1, -0.05) is 36.2 Å². The van der Waals surface area contributed by atoms with Crippen molar-refractivity contribution in [3.8, 4) is 11.5 Å². The Bertz CT molecular complexity index is 1230. The lowest BCUT2D eigenvalue weighted by Gasteiger charge is -2.13. The smallest absolute Gasteiger partial charge is 0.388 e. The molecular formula is C23H23ClF3N5O3. The normalized spacial score (nSPS) is 12.0. The maximum absolute atomic E-state index is 12.9. The number of hydrogen-bond donors (Lipinski definition) is 3. The van der Waals surface area contributed by atoms with E-state index in [1.54, 1.807) is 12.1 Å². The van der Waals surface area contributed by atoms with Crippen molar-refractivity contribution in [3.63, 3.8) is 0 Å². The Morgan fingerprint density at radius 3 is 2.66 bits per heavy atom. The topological polar surface area (TPSA) is 113 Å². The third-order valence-electron chi connectivity index (χ3n) is 4.92. The lowest BCUT2D eigenvalue weighted by molar-refractivity contribution is -0.138. The Kier molecular flexibility index (Phi) is 8.47. The zero-order chi connectivity index (χ0) is 25.6. The van der Waals surface area contributed by atoms with Crippen molar-refractivity contribution in [2.45, 2.75) is 39.5 Å². The Morgan fingerprint density at radius 1 is 1.29 bits per heavy atom. The van der Waals surface area contributed by atoms with Crippen LogP contribution in [0, 0.1) is 6.92 Å². The fourth-order valence-electron chi connectivity index (χ4n) is 3.31. The number of aryl methyl sites for hydroxylation is 1. The lowest BCUT2D eigenvalue weighted by Crippen LogP contribution is -2.29. The number of aliphatic hydroxyl groups is 1. The van der Waals surface area contributed by atoms with Crippen molar-refractivity contribution >= 4 is 28.9 Å². The number of allylic oxidation sites excluding steroid dienone is 1. The number of benzene rings is 1. The van der Waals surface area contributed by atoms with E-state index in [2.05, 4.69) is 25.8 Å². The first kappa shape index (κ1) is 26.2. The summed E-state index contributed by atoms with van der Waals surface area (Å²) in [5.74, 6) is 0.315. The van der Waals surface area contributed by atoms with Crippen LogP contribution in [0.5, 0.6) is 0 Å². The molecule has 0 bridgehead atoms. The van der Waals surface area contributed by atoms with Gasteiger partial charge in [-0.2, -0.15) is 18.2 Å². The Morgan fingerprint density at radius 2 is 2.06 bits per heavy atom. The number of carbonyl (C=O) groups is 1. The SMILES string of the molecule is CCC/C(=C\CNC(=O)Nc1ccc(C(F)(F)F)c(C)c1)c1ncc(-c2nc(CO)no2)cc1Cl. The number of alkyl halides is 3. The Balaban J connectivity index is 1.67. The highest BCUT2D eigenvalue weighted by Gasteiger charge is 2.32. The van der Waals surface area contributed by atoms with Gasteiger partial charge in [-0.05, 0) is 48.7 Å². The number of amides is 2. The maximum atomic E-state index is 12.9. The van der Waals surface area contributed by atoms with E-state index in [0.29, 0.717) is 22.7 Å². The highest BCUT2D eigenvalue weighted by molar-refractivity contribution is 6.32. The molecule has 0 atom stereocenters. The van der Waals surface area contributed by atoms with E-state index >= 15 is 0 Å². The molecule has 0 aliphatic heterocycles. The number of aliphatic hydroxyl groups excluding tert-OH is 1. The molecule has 2 aromatic heterocycles. The molecule has 3 N–H and O–H groups in total. The van der Waals surface area contributed by atoms with Crippen molar-refractivity contribution in [3.05, 3.63) is 64.2 Å². The fourth-order valence-corrected chi connectivity index (χ4v) is 3.60. The van der Waals surface area contributed by atoms with Gasteiger partial charge in [0.05, 0.1) is 21.8 Å². The number of carbonyl (C=O) groups excluding carboxylic acids is 1. The molecule has 0 fully saturated rings. The van der Waals surface area contributed by atoms with Crippen LogP contribution in [0.1, 0.15) is 42.4 Å². The van der Waals surface area contributed by atoms with Crippen molar-refractivity contribution in [1.29, 1.82) is 0 Å². The molecule has 2 heterocycles. The summed E-state index contributed by atoms with van der Waals surface area (Å²) in [6.45, 7) is 3.10. The van der Waals surface area contributed by atoms with E-state index in [9.17, 15) is 18.0 Å². The second-order valence-corrected chi connectivity index (χ2v) is 7.98. The van der Waals surface area contributed by atoms with Gasteiger partial charge in [-0.25, -0.2) is 4.79 Å². The average molecular weight is 510 g/mol. The largest absolute Gasteiger partial charge is 0.416 e. The number of hydrogen-bond acceptors (Lipinski definition) is 6. The molecule has 186 valence electrons. The summed E-state index contributed by atoms with van der Waals surface area (Å²) in [6.07, 6.45) is 0.277. The van der Waals surface area contributed by atoms with Gasteiger partial charge in [0.15, 0.2) is 5.82 Å². The van der Waals surface area contributed by atoms with Crippen molar-refractivity contribution < 1.29 is 27.6 Å². The van der Waals surface area contributed by atoms with Gasteiger partial charge in [-0.3, -0.25) is 4.98 Å². The zero-order valence-electron chi connectivity index (χ0n) is 18.9. The average Bonchev–Trinajstić information content (AvgIpc) is 3.27. The number of halogens is 4. The highest BCUT2D eigenvalue weighted by atomic mass is 35.5. The van der Waals surface area contributed by atoms with Crippen LogP contribution in [0.25, 0.3) is 17.0 Å². The van der Waals surface area contributed by atoms with E-state index in [1.807, 2.05) is 6.92 Å². The summed E-state index contributed by atoms with van der Waals surface area (Å²) in [7, 11) is 0. The van der Waals surface area contributed by atoms with E-state index in [1.165, 1.54) is 25.3 Å². The number of nitrogens with zero attached hydrogens (tertiary/aromatic N) is 3. The first-order chi connectivity index (χ1) is 16.6. The van der Waals surface area contributed by atoms with Crippen molar-refractivity contribution in [2.24, 2.45) is 0 Å². The summed E-state index contributed by atoms with van der Waals surface area (Å²) in [5.41, 5.74) is 1.33. The molecule has 2 amide bonds. The maximum Gasteiger partial charge on any atom is 0.416 e.